The van der Waals surface area contributed by atoms with Crippen LogP contribution in [-0.2, 0) is 11.2 Å². The zero-order chi connectivity index (χ0) is 12.3. The van der Waals surface area contributed by atoms with Crippen molar-refractivity contribution in [3.63, 3.8) is 0 Å². The van der Waals surface area contributed by atoms with Gasteiger partial charge in [0.25, 0.3) is 0 Å². The van der Waals surface area contributed by atoms with Crippen LogP contribution in [0, 0.1) is 0 Å². The monoisotopic (exact) mass is 266 g/mol. The van der Waals surface area contributed by atoms with Gasteiger partial charge in [-0.25, -0.2) is 4.98 Å². The summed E-state index contributed by atoms with van der Waals surface area (Å²) in [7, 11) is 1.62. The van der Waals surface area contributed by atoms with Crippen molar-refractivity contribution in [1.82, 2.24) is 10.3 Å². The molecular weight excluding hydrogens is 256 g/mol. The molecular formula is C12H11ClN2OS. The molecule has 1 heterocycles. The average Bonchev–Trinajstić information content (AvgIpc) is 2.78. The molecule has 0 unspecified atom stereocenters. The molecule has 3 nitrogen and oxygen atoms in total. The van der Waals surface area contributed by atoms with Crippen LogP contribution in [-0.4, -0.2) is 17.9 Å². The molecule has 88 valence electrons. The molecule has 2 rings (SSSR count). The van der Waals surface area contributed by atoms with Crippen molar-refractivity contribution in [3.05, 3.63) is 39.7 Å². The van der Waals surface area contributed by atoms with Crippen LogP contribution < -0.4 is 5.32 Å². The SMILES string of the molecule is CNC(=O)Cc1nc(-c2ccc(Cl)cc2)cs1. The number of halogens is 1. The van der Waals surface area contributed by atoms with Crippen molar-refractivity contribution in [2.24, 2.45) is 0 Å². The molecule has 0 bridgehead atoms. The van der Waals surface area contributed by atoms with E-state index in [0.29, 0.717) is 11.4 Å². The van der Waals surface area contributed by atoms with Crippen LogP contribution in [0.25, 0.3) is 11.3 Å². The first-order valence-corrected chi connectivity index (χ1v) is 6.35. The maximum atomic E-state index is 11.2. The summed E-state index contributed by atoms with van der Waals surface area (Å²) in [5, 5.41) is 6.04. The number of aromatic nitrogens is 1. The van der Waals surface area contributed by atoms with E-state index in [2.05, 4.69) is 10.3 Å². The van der Waals surface area contributed by atoms with Crippen LogP contribution in [0.3, 0.4) is 0 Å². The minimum absolute atomic E-state index is 0.0259. The predicted octanol–water partition coefficient (Wildman–Crippen LogP) is 2.75. The van der Waals surface area contributed by atoms with Crippen LogP contribution in [0.1, 0.15) is 5.01 Å². The van der Waals surface area contributed by atoms with Crippen molar-refractivity contribution in [3.8, 4) is 11.3 Å². The Balaban J connectivity index is 2.18. The topological polar surface area (TPSA) is 42.0 Å². The summed E-state index contributed by atoms with van der Waals surface area (Å²) in [5.74, 6) is -0.0259. The summed E-state index contributed by atoms with van der Waals surface area (Å²) in [6.07, 6.45) is 0.328. The molecule has 0 spiro atoms. The van der Waals surface area contributed by atoms with Gasteiger partial charge in [-0.15, -0.1) is 11.3 Å². The van der Waals surface area contributed by atoms with Gasteiger partial charge in [-0.3, -0.25) is 4.79 Å². The number of nitrogens with one attached hydrogen (secondary N) is 1. The molecule has 0 aliphatic rings. The minimum Gasteiger partial charge on any atom is -0.359 e. The third-order valence-corrected chi connectivity index (χ3v) is 3.38. The molecule has 0 atom stereocenters. The van der Waals surface area contributed by atoms with Gasteiger partial charge in [-0.1, -0.05) is 23.7 Å². The highest BCUT2D eigenvalue weighted by Gasteiger charge is 2.07. The molecule has 0 fully saturated rings. The summed E-state index contributed by atoms with van der Waals surface area (Å²) in [5.41, 5.74) is 1.89. The summed E-state index contributed by atoms with van der Waals surface area (Å²) < 4.78 is 0. The van der Waals surface area contributed by atoms with E-state index in [1.54, 1.807) is 7.05 Å². The molecule has 5 heteroatoms. The van der Waals surface area contributed by atoms with Crippen molar-refractivity contribution < 1.29 is 4.79 Å². The average molecular weight is 267 g/mol. The molecule has 1 amide bonds. The Bertz CT molecular complexity index is 522. The van der Waals surface area contributed by atoms with Crippen LogP contribution in [0.5, 0.6) is 0 Å². The zero-order valence-corrected chi connectivity index (χ0v) is 10.8. The van der Waals surface area contributed by atoms with E-state index in [9.17, 15) is 4.79 Å². The molecule has 1 aromatic carbocycles. The predicted molar refractivity (Wildman–Crippen MR) is 70.3 cm³/mol. The first-order valence-electron chi connectivity index (χ1n) is 5.10. The van der Waals surface area contributed by atoms with E-state index in [1.807, 2.05) is 29.6 Å². The third kappa shape index (κ3) is 3.05. The van der Waals surface area contributed by atoms with Gasteiger partial charge in [-0.2, -0.15) is 0 Å². The van der Waals surface area contributed by atoms with Crippen LogP contribution in [0.2, 0.25) is 5.02 Å². The van der Waals surface area contributed by atoms with Crippen molar-refractivity contribution in [2.75, 3.05) is 7.05 Å². The molecule has 0 radical (unpaired) electrons. The van der Waals surface area contributed by atoms with Gasteiger partial charge >= 0.3 is 0 Å². The second-order valence-electron chi connectivity index (χ2n) is 3.48. The smallest absolute Gasteiger partial charge is 0.226 e. The minimum atomic E-state index is -0.0259. The first-order chi connectivity index (χ1) is 8.19. The lowest BCUT2D eigenvalue weighted by Crippen LogP contribution is -2.19. The molecule has 0 saturated heterocycles. The van der Waals surface area contributed by atoms with Gasteiger partial charge in [0.15, 0.2) is 0 Å². The van der Waals surface area contributed by atoms with Crippen LogP contribution in [0.4, 0.5) is 0 Å². The number of benzene rings is 1. The van der Waals surface area contributed by atoms with Crippen molar-refractivity contribution in [2.45, 2.75) is 6.42 Å². The quantitative estimate of drug-likeness (QED) is 0.928. The van der Waals surface area contributed by atoms with Crippen LogP contribution in [0.15, 0.2) is 29.6 Å². The van der Waals surface area contributed by atoms with E-state index in [-0.39, 0.29) is 5.91 Å². The van der Waals surface area contributed by atoms with Gasteiger partial charge in [0, 0.05) is 23.0 Å². The van der Waals surface area contributed by atoms with E-state index < -0.39 is 0 Å². The van der Waals surface area contributed by atoms with Gasteiger partial charge in [0.2, 0.25) is 5.91 Å². The Labute approximate surface area is 108 Å². The van der Waals surface area contributed by atoms with Gasteiger partial charge in [0.05, 0.1) is 12.1 Å². The van der Waals surface area contributed by atoms with Crippen LogP contribution >= 0.6 is 22.9 Å². The largest absolute Gasteiger partial charge is 0.359 e. The fraction of sp³-hybridized carbons (Fsp3) is 0.167. The number of likely N-dealkylation sites (N-methyl/N-ethyl adjacent to an activating group) is 1. The highest BCUT2D eigenvalue weighted by Crippen LogP contribution is 2.23. The number of rotatable bonds is 3. The number of thiazole rings is 1. The number of amides is 1. The second kappa shape index (κ2) is 5.29. The fourth-order valence-electron chi connectivity index (χ4n) is 1.37. The number of hydrogen-bond acceptors (Lipinski definition) is 3. The van der Waals surface area contributed by atoms with E-state index in [1.165, 1.54) is 11.3 Å². The lowest BCUT2D eigenvalue weighted by molar-refractivity contribution is -0.119. The number of hydrogen-bond donors (Lipinski definition) is 1. The van der Waals surface area contributed by atoms with Crippen molar-refractivity contribution >= 4 is 28.8 Å². The third-order valence-electron chi connectivity index (χ3n) is 2.28. The first kappa shape index (κ1) is 12.1. The highest BCUT2D eigenvalue weighted by atomic mass is 35.5. The Morgan fingerprint density at radius 1 is 1.41 bits per heavy atom. The lowest BCUT2D eigenvalue weighted by Gasteiger charge is -1.97. The Morgan fingerprint density at radius 2 is 2.12 bits per heavy atom. The molecule has 2 aromatic rings. The van der Waals surface area contributed by atoms with E-state index in [4.69, 9.17) is 11.6 Å². The summed E-state index contributed by atoms with van der Waals surface area (Å²) in [6.45, 7) is 0. The number of carbonyl (C=O) groups excluding carboxylic acids is 1. The Hall–Kier alpha value is -1.39. The lowest BCUT2D eigenvalue weighted by atomic mass is 10.2. The summed E-state index contributed by atoms with van der Waals surface area (Å²) in [4.78, 5) is 15.6. The summed E-state index contributed by atoms with van der Waals surface area (Å²) in [6, 6.07) is 7.49. The Kier molecular flexibility index (Phi) is 3.76. The summed E-state index contributed by atoms with van der Waals surface area (Å²) >= 11 is 7.31. The number of carbonyl (C=O) groups is 1. The standard InChI is InChI=1S/C12H11ClN2OS/c1-14-11(16)6-12-15-10(7-17-12)8-2-4-9(13)5-3-8/h2-5,7H,6H2,1H3,(H,14,16). The second-order valence-corrected chi connectivity index (χ2v) is 4.86. The maximum Gasteiger partial charge on any atom is 0.226 e. The highest BCUT2D eigenvalue weighted by molar-refractivity contribution is 7.10. The zero-order valence-electron chi connectivity index (χ0n) is 9.24. The molecule has 17 heavy (non-hydrogen) atoms. The molecule has 1 aromatic heterocycles. The normalized spacial score (nSPS) is 10.2. The van der Waals surface area contributed by atoms with Gasteiger partial charge in [0.1, 0.15) is 5.01 Å². The van der Waals surface area contributed by atoms with Gasteiger partial charge < -0.3 is 5.32 Å². The molecule has 0 aliphatic carbocycles. The molecule has 0 aliphatic heterocycles. The molecule has 0 saturated carbocycles. The maximum absolute atomic E-state index is 11.2. The Morgan fingerprint density at radius 3 is 2.76 bits per heavy atom. The fourth-order valence-corrected chi connectivity index (χ4v) is 2.30. The van der Waals surface area contributed by atoms with Crippen molar-refractivity contribution in [1.29, 1.82) is 0 Å². The van der Waals surface area contributed by atoms with E-state index >= 15 is 0 Å². The van der Waals surface area contributed by atoms with E-state index in [0.717, 1.165) is 16.3 Å². The molecule has 1 N–H and O–H groups in total. The van der Waals surface area contributed by atoms with Gasteiger partial charge in [-0.05, 0) is 12.1 Å². The number of nitrogens with zero attached hydrogens (tertiary/aromatic N) is 1.